The summed E-state index contributed by atoms with van der Waals surface area (Å²) in [6.07, 6.45) is 8.39. The Morgan fingerprint density at radius 2 is 2.11 bits per heavy atom. The van der Waals surface area contributed by atoms with Crippen LogP contribution in [-0.2, 0) is 0 Å². The zero-order valence-corrected chi connectivity index (χ0v) is 11.9. The van der Waals surface area contributed by atoms with Gasteiger partial charge in [0.2, 0.25) is 0 Å². The SMILES string of the molecule is CN(c1ncnc2[nH]ccc12)C1CCC(CCl)CC1. The van der Waals surface area contributed by atoms with Gasteiger partial charge >= 0.3 is 0 Å². The van der Waals surface area contributed by atoms with E-state index in [-0.39, 0.29) is 0 Å². The third kappa shape index (κ3) is 2.41. The van der Waals surface area contributed by atoms with Gasteiger partial charge in [0.15, 0.2) is 0 Å². The highest BCUT2D eigenvalue weighted by Gasteiger charge is 2.25. The van der Waals surface area contributed by atoms with E-state index in [4.69, 9.17) is 11.6 Å². The van der Waals surface area contributed by atoms with Gasteiger partial charge in [-0.05, 0) is 37.7 Å². The Kier molecular flexibility index (Phi) is 3.60. The van der Waals surface area contributed by atoms with Crippen molar-refractivity contribution < 1.29 is 0 Å². The first-order valence-electron chi connectivity index (χ1n) is 6.86. The first-order valence-corrected chi connectivity index (χ1v) is 7.40. The van der Waals surface area contributed by atoms with Crippen molar-refractivity contribution in [3.05, 3.63) is 18.6 Å². The van der Waals surface area contributed by atoms with Gasteiger partial charge in [-0.2, -0.15) is 0 Å². The molecule has 4 nitrogen and oxygen atoms in total. The molecule has 0 amide bonds. The van der Waals surface area contributed by atoms with E-state index in [1.807, 2.05) is 12.3 Å². The van der Waals surface area contributed by atoms with Crippen LogP contribution in [0, 0.1) is 5.92 Å². The molecule has 0 aliphatic heterocycles. The van der Waals surface area contributed by atoms with Crippen molar-refractivity contribution in [3.63, 3.8) is 0 Å². The first kappa shape index (κ1) is 12.7. The number of aromatic amines is 1. The molecule has 1 fully saturated rings. The third-order valence-electron chi connectivity index (χ3n) is 4.25. The number of halogens is 1. The molecule has 0 radical (unpaired) electrons. The maximum absolute atomic E-state index is 5.95. The maximum Gasteiger partial charge on any atom is 0.142 e. The molecule has 2 aromatic heterocycles. The molecular formula is C14H19ClN4. The van der Waals surface area contributed by atoms with Crippen molar-refractivity contribution in [2.24, 2.45) is 5.92 Å². The lowest BCUT2D eigenvalue weighted by Crippen LogP contribution is -2.36. The Morgan fingerprint density at radius 1 is 1.32 bits per heavy atom. The zero-order valence-electron chi connectivity index (χ0n) is 11.1. The number of H-pyrrole nitrogens is 1. The molecule has 19 heavy (non-hydrogen) atoms. The van der Waals surface area contributed by atoms with Crippen LogP contribution in [0.4, 0.5) is 5.82 Å². The van der Waals surface area contributed by atoms with Crippen LogP contribution in [0.2, 0.25) is 0 Å². The van der Waals surface area contributed by atoms with Gasteiger partial charge in [-0.15, -0.1) is 11.6 Å². The summed E-state index contributed by atoms with van der Waals surface area (Å²) >= 11 is 5.95. The molecule has 0 saturated heterocycles. The molecule has 2 aromatic rings. The first-order chi connectivity index (χ1) is 9.29. The summed E-state index contributed by atoms with van der Waals surface area (Å²) < 4.78 is 0. The van der Waals surface area contributed by atoms with Crippen molar-refractivity contribution in [1.29, 1.82) is 0 Å². The fourth-order valence-electron chi connectivity index (χ4n) is 3.00. The molecule has 1 saturated carbocycles. The summed E-state index contributed by atoms with van der Waals surface area (Å²) in [4.78, 5) is 14.2. The molecular weight excluding hydrogens is 260 g/mol. The fraction of sp³-hybridized carbons (Fsp3) is 0.571. The van der Waals surface area contributed by atoms with Gasteiger partial charge in [-0.3, -0.25) is 0 Å². The number of aromatic nitrogens is 3. The van der Waals surface area contributed by atoms with Gasteiger partial charge in [0.1, 0.15) is 17.8 Å². The zero-order chi connectivity index (χ0) is 13.2. The number of fused-ring (bicyclic) bond motifs is 1. The second-order valence-corrected chi connectivity index (χ2v) is 5.69. The van der Waals surface area contributed by atoms with E-state index in [0.717, 1.165) is 22.7 Å². The number of hydrogen-bond donors (Lipinski definition) is 1. The van der Waals surface area contributed by atoms with E-state index >= 15 is 0 Å². The lowest BCUT2D eigenvalue weighted by Gasteiger charge is -2.35. The lowest BCUT2D eigenvalue weighted by molar-refractivity contribution is 0.343. The predicted molar refractivity (Wildman–Crippen MR) is 78.8 cm³/mol. The van der Waals surface area contributed by atoms with E-state index in [1.165, 1.54) is 25.7 Å². The molecule has 0 bridgehead atoms. The molecule has 1 aliphatic carbocycles. The molecule has 0 atom stereocenters. The highest BCUT2D eigenvalue weighted by Crippen LogP contribution is 2.31. The van der Waals surface area contributed by atoms with E-state index < -0.39 is 0 Å². The van der Waals surface area contributed by atoms with Gasteiger partial charge in [0.05, 0.1) is 5.39 Å². The summed E-state index contributed by atoms with van der Waals surface area (Å²) in [5.41, 5.74) is 0.909. The molecule has 0 unspecified atom stereocenters. The largest absolute Gasteiger partial charge is 0.356 e. The monoisotopic (exact) mass is 278 g/mol. The molecule has 0 aromatic carbocycles. The highest BCUT2D eigenvalue weighted by molar-refractivity contribution is 6.18. The molecule has 2 heterocycles. The number of nitrogens with one attached hydrogen (secondary N) is 1. The Labute approximate surface area is 118 Å². The second-order valence-electron chi connectivity index (χ2n) is 5.38. The summed E-state index contributed by atoms with van der Waals surface area (Å²) in [7, 11) is 2.14. The van der Waals surface area contributed by atoms with Crippen LogP contribution in [0.15, 0.2) is 18.6 Å². The Balaban J connectivity index is 1.80. The Bertz CT molecular complexity index is 545. The van der Waals surface area contributed by atoms with Crippen LogP contribution in [0.1, 0.15) is 25.7 Å². The average Bonchev–Trinajstić information content (AvgIpc) is 2.95. The molecule has 5 heteroatoms. The molecule has 3 rings (SSSR count). The van der Waals surface area contributed by atoms with Gasteiger partial charge < -0.3 is 9.88 Å². The van der Waals surface area contributed by atoms with Gasteiger partial charge in [-0.25, -0.2) is 9.97 Å². The standard InChI is InChI=1S/C14H19ClN4/c1-19(11-4-2-10(8-15)3-5-11)14-12-6-7-16-13(12)17-9-18-14/h6-7,9-11H,2-5,8H2,1H3,(H,16,17,18). The van der Waals surface area contributed by atoms with Gasteiger partial charge in [0.25, 0.3) is 0 Å². The van der Waals surface area contributed by atoms with E-state index in [9.17, 15) is 0 Å². The number of nitrogens with zero attached hydrogens (tertiary/aromatic N) is 3. The van der Waals surface area contributed by atoms with Crippen molar-refractivity contribution in [1.82, 2.24) is 15.0 Å². The van der Waals surface area contributed by atoms with Crippen LogP contribution < -0.4 is 4.90 Å². The van der Waals surface area contributed by atoms with Crippen molar-refractivity contribution >= 4 is 28.5 Å². The number of hydrogen-bond acceptors (Lipinski definition) is 3. The fourth-order valence-corrected chi connectivity index (χ4v) is 3.31. The number of alkyl halides is 1. The molecule has 0 spiro atoms. The third-order valence-corrected chi connectivity index (χ3v) is 4.69. The quantitative estimate of drug-likeness (QED) is 0.877. The molecule has 102 valence electrons. The maximum atomic E-state index is 5.95. The highest BCUT2D eigenvalue weighted by atomic mass is 35.5. The van der Waals surface area contributed by atoms with Crippen molar-refractivity contribution in [2.75, 3.05) is 17.8 Å². The van der Waals surface area contributed by atoms with Crippen LogP contribution >= 0.6 is 11.6 Å². The smallest absolute Gasteiger partial charge is 0.142 e. The van der Waals surface area contributed by atoms with Crippen molar-refractivity contribution in [2.45, 2.75) is 31.7 Å². The van der Waals surface area contributed by atoms with Gasteiger partial charge in [0, 0.05) is 25.2 Å². The predicted octanol–water partition coefficient (Wildman–Crippen LogP) is 3.19. The molecule has 1 aliphatic rings. The Hall–Kier alpha value is -1.29. The van der Waals surface area contributed by atoms with E-state index in [0.29, 0.717) is 12.0 Å². The number of anilines is 1. The van der Waals surface area contributed by atoms with Crippen molar-refractivity contribution in [3.8, 4) is 0 Å². The topological polar surface area (TPSA) is 44.8 Å². The molecule has 1 N–H and O–H groups in total. The summed E-state index contributed by atoms with van der Waals surface area (Å²) in [6.45, 7) is 0. The summed E-state index contributed by atoms with van der Waals surface area (Å²) in [5, 5.41) is 1.10. The normalized spacial score (nSPS) is 23.7. The summed E-state index contributed by atoms with van der Waals surface area (Å²) in [6, 6.07) is 2.61. The van der Waals surface area contributed by atoms with Crippen LogP contribution in [-0.4, -0.2) is 33.9 Å². The lowest BCUT2D eigenvalue weighted by atomic mass is 9.86. The number of rotatable bonds is 3. The minimum Gasteiger partial charge on any atom is -0.356 e. The average molecular weight is 279 g/mol. The van der Waals surface area contributed by atoms with Crippen LogP contribution in [0.25, 0.3) is 11.0 Å². The second kappa shape index (κ2) is 5.37. The van der Waals surface area contributed by atoms with Crippen LogP contribution in [0.3, 0.4) is 0 Å². The van der Waals surface area contributed by atoms with E-state index in [2.05, 4.69) is 26.9 Å². The Morgan fingerprint density at radius 3 is 2.84 bits per heavy atom. The minimum atomic E-state index is 0.562. The minimum absolute atomic E-state index is 0.562. The van der Waals surface area contributed by atoms with Crippen LogP contribution in [0.5, 0.6) is 0 Å². The summed E-state index contributed by atoms with van der Waals surface area (Å²) in [5.74, 6) is 2.52. The van der Waals surface area contributed by atoms with Gasteiger partial charge in [-0.1, -0.05) is 0 Å². The van der Waals surface area contributed by atoms with E-state index in [1.54, 1.807) is 6.33 Å².